The molecule has 0 radical (unpaired) electrons. The Hall–Kier alpha value is -2.38. The number of ether oxygens (including phenoxy) is 1. The van der Waals surface area contributed by atoms with E-state index in [0.717, 1.165) is 22.4 Å². The van der Waals surface area contributed by atoms with Crippen molar-refractivity contribution in [3.8, 4) is 16.9 Å². The summed E-state index contributed by atoms with van der Waals surface area (Å²) in [7, 11) is -1.71. The molecule has 1 unspecified atom stereocenters. The van der Waals surface area contributed by atoms with Crippen molar-refractivity contribution in [3.63, 3.8) is 0 Å². The molecule has 28 heavy (non-hydrogen) atoms. The first-order chi connectivity index (χ1) is 13.4. The van der Waals surface area contributed by atoms with Gasteiger partial charge in [-0.15, -0.1) is 0 Å². The summed E-state index contributed by atoms with van der Waals surface area (Å²) in [5.74, 6) is 0.294. The van der Waals surface area contributed by atoms with Crippen LogP contribution >= 0.6 is 0 Å². The van der Waals surface area contributed by atoms with E-state index in [4.69, 9.17) is 4.74 Å². The summed E-state index contributed by atoms with van der Waals surface area (Å²) >= 11 is 0. The van der Waals surface area contributed by atoms with Crippen molar-refractivity contribution >= 4 is 15.9 Å². The molecule has 0 bridgehead atoms. The first kappa shape index (κ1) is 20.4. The number of rotatable bonds is 6. The second-order valence-electron chi connectivity index (χ2n) is 6.84. The van der Waals surface area contributed by atoms with Gasteiger partial charge in [-0.2, -0.15) is 4.31 Å². The third-order valence-electron chi connectivity index (χ3n) is 5.10. The van der Waals surface area contributed by atoms with Crippen molar-refractivity contribution in [2.75, 3.05) is 32.5 Å². The Balaban J connectivity index is 1.88. The summed E-state index contributed by atoms with van der Waals surface area (Å²) < 4.78 is 31.3. The number of methoxy groups -OCH3 is 1. The molecule has 0 aromatic heterocycles. The average molecular weight is 403 g/mol. The SMILES string of the molecule is CCS(=O)(=O)N1CCNC(=O)C(Cc2ccccc2-c2ccc(OC)cc2)C1. The number of nitrogens with zero attached hydrogens (tertiary/aromatic N) is 1. The Labute approximate surface area is 166 Å². The Morgan fingerprint density at radius 3 is 2.54 bits per heavy atom. The van der Waals surface area contributed by atoms with Crippen LogP contribution in [0.2, 0.25) is 0 Å². The highest BCUT2D eigenvalue weighted by molar-refractivity contribution is 7.89. The molecule has 1 N–H and O–H groups in total. The van der Waals surface area contributed by atoms with Crippen LogP contribution in [0, 0.1) is 5.92 Å². The number of nitrogens with one attached hydrogen (secondary N) is 1. The van der Waals surface area contributed by atoms with Gasteiger partial charge < -0.3 is 10.1 Å². The van der Waals surface area contributed by atoms with Crippen LogP contribution in [0.1, 0.15) is 12.5 Å². The molecule has 1 amide bonds. The van der Waals surface area contributed by atoms with E-state index in [0.29, 0.717) is 19.5 Å². The molecule has 1 heterocycles. The normalized spacial score (nSPS) is 18.4. The van der Waals surface area contributed by atoms with Gasteiger partial charge in [0.15, 0.2) is 0 Å². The fourth-order valence-corrected chi connectivity index (χ4v) is 4.62. The van der Waals surface area contributed by atoms with Gasteiger partial charge in [0.05, 0.1) is 18.8 Å². The lowest BCUT2D eigenvalue weighted by Crippen LogP contribution is -2.38. The number of benzene rings is 2. The molecule has 1 fully saturated rings. The molecular formula is C21H26N2O4S. The number of amides is 1. The van der Waals surface area contributed by atoms with Gasteiger partial charge >= 0.3 is 0 Å². The monoisotopic (exact) mass is 402 g/mol. The standard InChI is InChI=1S/C21H26N2O4S/c1-3-28(25,26)23-13-12-22-21(24)18(15-23)14-17-6-4-5-7-20(17)16-8-10-19(27-2)11-9-16/h4-11,18H,3,12-15H2,1-2H3,(H,22,24). The average Bonchev–Trinajstić information content (AvgIpc) is 2.90. The fraction of sp³-hybridized carbons (Fsp3) is 0.381. The lowest BCUT2D eigenvalue weighted by molar-refractivity contribution is -0.124. The van der Waals surface area contributed by atoms with Crippen molar-refractivity contribution in [1.29, 1.82) is 0 Å². The van der Waals surface area contributed by atoms with E-state index < -0.39 is 15.9 Å². The Morgan fingerprint density at radius 1 is 1.14 bits per heavy atom. The Bertz CT molecular complexity index is 926. The molecule has 1 saturated heterocycles. The van der Waals surface area contributed by atoms with Crippen molar-refractivity contribution in [2.24, 2.45) is 5.92 Å². The zero-order valence-corrected chi connectivity index (χ0v) is 17.0. The smallest absolute Gasteiger partial charge is 0.224 e. The molecule has 7 heteroatoms. The fourth-order valence-electron chi connectivity index (χ4n) is 3.48. The molecule has 0 saturated carbocycles. The summed E-state index contributed by atoms with van der Waals surface area (Å²) in [4.78, 5) is 12.6. The number of hydrogen-bond donors (Lipinski definition) is 1. The summed E-state index contributed by atoms with van der Waals surface area (Å²) in [6, 6.07) is 15.7. The van der Waals surface area contributed by atoms with Crippen LogP contribution in [0.4, 0.5) is 0 Å². The van der Waals surface area contributed by atoms with Gasteiger partial charge in [0.25, 0.3) is 0 Å². The van der Waals surface area contributed by atoms with Crippen molar-refractivity contribution in [3.05, 3.63) is 54.1 Å². The second-order valence-corrected chi connectivity index (χ2v) is 9.09. The number of hydrogen-bond acceptors (Lipinski definition) is 4. The highest BCUT2D eigenvalue weighted by Gasteiger charge is 2.31. The van der Waals surface area contributed by atoms with Crippen molar-refractivity contribution in [2.45, 2.75) is 13.3 Å². The minimum atomic E-state index is -3.34. The molecule has 1 atom stereocenters. The van der Waals surface area contributed by atoms with Gasteiger partial charge in [0, 0.05) is 19.6 Å². The third-order valence-corrected chi connectivity index (χ3v) is 6.95. The molecule has 2 aromatic rings. The number of carbonyl (C=O) groups is 1. The quantitative estimate of drug-likeness (QED) is 0.805. The maximum Gasteiger partial charge on any atom is 0.224 e. The zero-order valence-electron chi connectivity index (χ0n) is 16.2. The minimum absolute atomic E-state index is 0.0380. The predicted octanol–water partition coefficient (Wildman–Crippen LogP) is 2.30. The molecular weight excluding hydrogens is 376 g/mol. The first-order valence-electron chi connectivity index (χ1n) is 9.42. The van der Waals surface area contributed by atoms with Crippen molar-refractivity contribution in [1.82, 2.24) is 9.62 Å². The van der Waals surface area contributed by atoms with E-state index in [1.807, 2.05) is 48.5 Å². The van der Waals surface area contributed by atoms with Crippen molar-refractivity contribution < 1.29 is 17.9 Å². The van der Waals surface area contributed by atoms with Crippen LogP contribution in [-0.2, 0) is 21.2 Å². The number of sulfonamides is 1. The molecule has 6 nitrogen and oxygen atoms in total. The summed E-state index contributed by atoms with van der Waals surface area (Å²) in [6.45, 7) is 2.50. The topological polar surface area (TPSA) is 75.7 Å². The largest absolute Gasteiger partial charge is 0.497 e. The lowest BCUT2D eigenvalue weighted by atomic mass is 9.91. The van der Waals surface area contributed by atoms with E-state index >= 15 is 0 Å². The highest BCUT2D eigenvalue weighted by Crippen LogP contribution is 2.28. The van der Waals surface area contributed by atoms with E-state index in [9.17, 15) is 13.2 Å². The van der Waals surface area contributed by atoms with Gasteiger partial charge in [-0.1, -0.05) is 36.4 Å². The van der Waals surface area contributed by atoms with E-state index in [1.54, 1.807) is 14.0 Å². The summed E-state index contributed by atoms with van der Waals surface area (Å²) in [6.07, 6.45) is 0.476. The van der Waals surface area contributed by atoms with Crippen LogP contribution in [-0.4, -0.2) is 51.1 Å². The van der Waals surface area contributed by atoms with E-state index in [-0.39, 0.29) is 18.2 Å². The molecule has 2 aromatic carbocycles. The molecule has 1 aliphatic heterocycles. The number of carbonyl (C=O) groups excluding carboxylic acids is 1. The van der Waals surface area contributed by atoms with Crippen LogP contribution in [0.5, 0.6) is 5.75 Å². The van der Waals surface area contributed by atoms with Gasteiger partial charge in [-0.25, -0.2) is 8.42 Å². The van der Waals surface area contributed by atoms with E-state index in [1.165, 1.54) is 4.31 Å². The molecule has 0 aliphatic carbocycles. The second kappa shape index (κ2) is 8.75. The van der Waals surface area contributed by atoms with Crippen LogP contribution in [0.15, 0.2) is 48.5 Å². The van der Waals surface area contributed by atoms with Gasteiger partial charge in [0.2, 0.25) is 15.9 Å². The van der Waals surface area contributed by atoms with Gasteiger partial charge in [0.1, 0.15) is 5.75 Å². The third kappa shape index (κ3) is 4.54. The predicted molar refractivity (Wildman–Crippen MR) is 110 cm³/mol. The van der Waals surface area contributed by atoms with Crippen LogP contribution in [0.3, 0.4) is 0 Å². The Morgan fingerprint density at radius 2 is 1.86 bits per heavy atom. The highest BCUT2D eigenvalue weighted by atomic mass is 32.2. The summed E-state index contributed by atoms with van der Waals surface area (Å²) in [5, 5.41) is 2.85. The first-order valence-corrected chi connectivity index (χ1v) is 11.0. The lowest BCUT2D eigenvalue weighted by Gasteiger charge is -2.22. The molecule has 3 rings (SSSR count). The molecule has 150 valence electrons. The van der Waals surface area contributed by atoms with Gasteiger partial charge in [-0.3, -0.25) is 4.79 Å². The zero-order chi connectivity index (χ0) is 20.1. The molecule has 1 aliphatic rings. The minimum Gasteiger partial charge on any atom is -0.497 e. The maximum absolute atomic E-state index is 12.6. The van der Waals surface area contributed by atoms with Crippen LogP contribution < -0.4 is 10.1 Å². The Kier molecular flexibility index (Phi) is 6.36. The maximum atomic E-state index is 12.6. The van der Waals surface area contributed by atoms with E-state index in [2.05, 4.69) is 5.32 Å². The summed E-state index contributed by atoms with van der Waals surface area (Å²) in [5.41, 5.74) is 3.08. The van der Waals surface area contributed by atoms with Crippen LogP contribution in [0.25, 0.3) is 11.1 Å². The van der Waals surface area contributed by atoms with Gasteiger partial charge in [-0.05, 0) is 42.2 Å². The molecule has 0 spiro atoms.